The van der Waals surface area contributed by atoms with Crippen molar-refractivity contribution in [2.45, 2.75) is 6.54 Å². The van der Waals surface area contributed by atoms with Crippen LogP contribution < -0.4 is 5.32 Å². The maximum Gasteiger partial charge on any atom is 0.245 e. The Kier molecular flexibility index (Phi) is 3.99. The second kappa shape index (κ2) is 4.81. The standard InChI is InChI=1S/C7H7Cl2NO2S/c8-5-1-4(7(9)13-5)2-10-6(12)3-11/h1,11H,2-3H2,(H,10,12). The van der Waals surface area contributed by atoms with Crippen LogP contribution in [0.4, 0.5) is 0 Å². The van der Waals surface area contributed by atoms with Crippen molar-refractivity contribution in [3.63, 3.8) is 0 Å². The summed E-state index contributed by atoms with van der Waals surface area (Å²) in [7, 11) is 0. The summed E-state index contributed by atoms with van der Waals surface area (Å²) in [5.74, 6) is -0.432. The SMILES string of the molecule is O=C(CO)NCc1cc(Cl)sc1Cl. The van der Waals surface area contributed by atoms with Crippen molar-refractivity contribution in [2.24, 2.45) is 0 Å². The molecular formula is C7H7Cl2NO2S. The predicted octanol–water partition coefficient (Wildman–Crippen LogP) is 1.66. The molecule has 0 bridgehead atoms. The highest BCUT2D eigenvalue weighted by atomic mass is 35.5. The Morgan fingerprint density at radius 1 is 1.62 bits per heavy atom. The number of carbonyl (C=O) groups is 1. The van der Waals surface area contributed by atoms with Crippen LogP contribution in [0.5, 0.6) is 0 Å². The summed E-state index contributed by atoms with van der Waals surface area (Å²) in [5.41, 5.74) is 0.762. The van der Waals surface area contributed by atoms with Crippen LogP contribution in [0.3, 0.4) is 0 Å². The number of carbonyl (C=O) groups excluding carboxylic acids is 1. The molecule has 0 saturated heterocycles. The summed E-state index contributed by atoms with van der Waals surface area (Å²) in [6.45, 7) is -0.225. The first kappa shape index (κ1) is 10.8. The molecule has 0 radical (unpaired) electrons. The minimum absolute atomic E-state index is 0.293. The molecule has 0 spiro atoms. The van der Waals surface area contributed by atoms with Gasteiger partial charge in [0.25, 0.3) is 0 Å². The molecule has 1 heterocycles. The van der Waals surface area contributed by atoms with Crippen molar-refractivity contribution in [1.29, 1.82) is 0 Å². The van der Waals surface area contributed by atoms with E-state index in [0.29, 0.717) is 15.2 Å². The Bertz CT molecular complexity index is 313. The fourth-order valence-corrected chi connectivity index (χ4v) is 2.23. The molecule has 1 aromatic heterocycles. The number of nitrogens with one attached hydrogen (secondary N) is 1. The number of rotatable bonds is 3. The molecular weight excluding hydrogens is 233 g/mol. The molecule has 0 aliphatic carbocycles. The fraction of sp³-hybridized carbons (Fsp3) is 0.286. The molecule has 6 heteroatoms. The molecule has 0 aliphatic rings. The molecule has 0 aromatic carbocycles. The zero-order chi connectivity index (χ0) is 9.84. The van der Waals surface area contributed by atoms with Crippen molar-refractivity contribution >= 4 is 40.4 Å². The largest absolute Gasteiger partial charge is 0.387 e. The first-order chi connectivity index (χ1) is 6.13. The number of hydrogen-bond acceptors (Lipinski definition) is 3. The zero-order valence-corrected chi connectivity index (χ0v) is 8.84. The smallest absolute Gasteiger partial charge is 0.245 e. The van der Waals surface area contributed by atoms with Gasteiger partial charge >= 0.3 is 0 Å². The molecule has 1 amide bonds. The number of aliphatic hydroxyl groups excluding tert-OH is 1. The molecule has 0 aliphatic heterocycles. The lowest BCUT2D eigenvalue weighted by molar-refractivity contribution is -0.123. The number of amides is 1. The molecule has 1 aromatic rings. The van der Waals surface area contributed by atoms with Crippen LogP contribution in [-0.2, 0) is 11.3 Å². The molecule has 0 unspecified atom stereocenters. The van der Waals surface area contributed by atoms with Gasteiger partial charge in [0.05, 0.1) is 8.67 Å². The van der Waals surface area contributed by atoms with E-state index < -0.39 is 12.5 Å². The molecule has 0 fully saturated rings. The highest BCUT2D eigenvalue weighted by molar-refractivity contribution is 7.20. The van der Waals surface area contributed by atoms with Crippen LogP contribution in [0.1, 0.15) is 5.56 Å². The van der Waals surface area contributed by atoms with Crippen LogP contribution in [-0.4, -0.2) is 17.6 Å². The van der Waals surface area contributed by atoms with Gasteiger partial charge in [-0.25, -0.2) is 0 Å². The van der Waals surface area contributed by atoms with Gasteiger partial charge in [0.15, 0.2) is 0 Å². The maximum atomic E-state index is 10.7. The summed E-state index contributed by atoms with van der Waals surface area (Å²) in [4.78, 5) is 10.7. The lowest BCUT2D eigenvalue weighted by Gasteiger charge is -2.00. The third-order valence-electron chi connectivity index (χ3n) is 1.35. The van der Waals surface area contributed by atoms with Crippen molar-refractivity contribution in [1.82, 2.24) is 5.32 Å². The number of halogens is 2. The molecule has 3 nitrogen and oxygen atoms in total. The summed E-state index contributed by atoms with van der Waals surface area (Å²) in [6.07, 6.45) is 0. The van der Waals surface area contributed by atoms with Gasteiger partial charge in [-0.2, -0.15) is 0 Å². The van der Waals surface area contributed by atoms with Gasteiger partial charge in [-0.3, -0.25) is 4.79 Å². The molecule has 0 atom stereocenters. The van der Waals surface area contributed by atoms with Crippen LogP contribution >= 0.6 is 34.5 Å². The number of thiophene rings is 1. The third kappa shape index (κ3) is 3.15. The summed E-state index contributed by atoms with van der Waals surface area (Å²) in [6, 6.07) is 1.69. The van der Waals surface area contributed by atoms with Crippen LogP contribution in [0.15, 0.2) is 6.07 Å². The topological polar surface area (TPSA) is 49.3 Å². The van der Waals surface area contributed by atoms with E-state index in [9.17, 15) is 4.79 Å². The molecule has 0 saturated carbocycles. The first-order valence-electron chi connectivity index (χ1n) is 3.44. The van der Waals surface area contributed by atoms with Gasteiger partial charge in [-0.1, -0.05) is 23.2 Å². The van der Waals surface area contributed by atoms with E-state index in [1.165, 1.54) is 11.3 Å². The molecule has 1 rings (SSSR count). The average molecular weight is 240 g/mol. The molecule has 13 heavy (non-hydrogen) atoms. The van der Waals surface area contributed by atoms with Crippen LogP contribution in [0, 0.1) is 0 Å². The van der Waals surface area contributed by atoms with Crippen molar-refractivity contribution in [2.75, 3.05) is 6.61 Å². The van der Waals surface area contributed by atoms with Gasteiger partial charge in [0.1, 0.15) is 6.61 Å². The molecule has 2 N–H and O–H groups in total. The van der Waals surface area contributed by atoms with E-state index in [0.717, 1.165) is 5.56 Å². The van der Waals surface area contributed by atoms with Crippen molar-refractivity contribution in [3.8, 4) is 0 Å². The van der Waals surface area contributed by atoms with Crippen LogP contribution in [0.2, 0.25) is 8.67 Å². The zero-order valence-electron chi connectivity index (χ0n) is 6.51. The van der Waals surface area contributed by atoms with Crippen LogP contribution in [0.25, 0.3) is 0 Å². The van der Waals surface area contributed by atoms with Crippen molar-refractivity contribution < 1.29 is 9.90 Å². The van der Waals surface area contributed by atoms with E-state index in [4.69, 9.17) is 28.3 Å². The average Bonchev–Trinajstić information content (AvgIpc) is 2.41. The van der Waals surface area contributed by atoms with E-state index >= 15 is 0 Å². The van der Waals surface area contributed by atoms with E-state index in [1.54, 1.807) is 6.07 Å². The maximum absolute atomic E-state index is 10.7. The summed E-state index contributed by atoms with van der Waals surface area (Å²) in [5, 5.41) is 10.9. The number of aliphatic hydroxyl groups is 1. The van der Waals surface area contributed by atoms with Crippen molar-refractivity contribution in [3.05, 3.63) is 20.3 Å². The number of hydrogen-bond donors (Lipinski definition) is 2. The van der Waals surface area contributed by atoms with Gasteiger partial charge in [-0.15, -0.1) is 11.3 Å². The van der Waals surface area contributed by atoms with E-state index in [1.807, 2.05) is 0 Å². The van der Waals surface area contributed by atoms with Gasteiger partial charge in [0.2, 0.25) is 5.91 Å². The monoisotopic (exact) mass is 239 g/mol. The van der Waals surface area contributed by atoms with E-state index in [2.05, 4.69) is 5.32 Å². The Labute approximate surface area is 89.3 Å². The Morgan fingerprint density at radius 2 is 2.31 bits per heavy atom. The Morgan fingerprint density at radius 3 is 2.77 bits per heavy atom. The Balaban J connectivity index is 2.54. The van der Waals surface area contributed by atoms with Gasteiger partial charge in [0, 0.05) is 12.1 Å². The summed E-state index contributed by atoms with van der Waals surface area (Å²) >= 11 is 12.7. The minimum Gasteiger partial charge on any atom is -0.387 e. The highest BCUT2D eigenvalue weighted by Crippen LogP contribution is 2.30. The van der Waals surface area contributed by atoms with E-state index in [-0.39, 0.29) is 0 Å². The predicted molar refractivity (Wildman–Crippen MR) is 53.3 cm³/mol. The third-order valence-corrected chi connectivity index (χ3v) is 2.92. The second-order valence-electron chi connectivity index (χ2n) is 2.28. The first-order valence-corrected chi connectivity index (χ1v) is 5.02. The molecule has 72 valence electrons. The minimum atomic E-state index is -0.518. The van der Waals surface area contributed by atoms with Gasteiger partial charge in [-0.05, 0) is 6.07 Å². The summed E-state index contributed by atoms with van der Waals surface area (Å²) < 4.78 is 1.14. The lowest BCUT2D eigenvalue weighted by Crippen LogP contribution is -2.25. The quantitative estimate of drug-likeness (QED) is 0.844. The lowest BCUT2D eigenvalue weighted by atomic mass is 10.3. The fourth-order valence-electron chi connectivity index (χ4n) is 0.745. The second-order valence-corrected chi connectivity index (χ2v) is 4.57. The normalized spacial score (nSPS) is 10.1. The highest BCUT2D eigenvalue weighted by Gasteiger charge is 2.06. The van der Waals surface area contributed by atoms with Gasteiger partial charge < -0.3 is 10.4 Å². The Hall–Kier alpha value is -0.290.